The van der Waals surface area contributed by atoms with Crippen LogP contribution in [0.4, 0.5) is 22.7 Å². The minimum absolute atomic E-state index is 1.04. The monoisotopic (exact) mass is 372 g/mol. The van der Waals surface area contributed by atoms with Gasteiger partial charge in [-0.2, -0.15) is 0 Å². The van der Waals surface area contributed by atoms with Gasteiger partial charge in [-0.1, -0.05) is 44.5 Å². The van der Waals surface area contributed by atoms with E-state index in [4.69, 9.17) is 0 Å². The molecule has 28 heavy (non-hydrogen) atoms. The van der Waals surface area contributed by atoms with Gasteiger partial charge in [-0.05, 0) is 78.9 Å². The molecule has 0 amide bonds. The lowest BCUT2D eigenvalue weighted by molar-refractivity contribution is 0.795. The summed E-state index contributed by atoms with van der Waals surface area (Å²) in [6.07, 6.45) is 4.67. The maximum Gasteiger partial charge on any atom is 0.0464 e. The summed E-state index contributed by atoms with van der Waals surface area (Å²) in [6.45, 7) is 4.45. The van der Waals surface area contributed by atoms with E-state index in [1.165, 1.54) is 46.7 Å². The molecule has 0 radical (unpaired) electrons. The predicted octanol–water partition coefficient (Wildman–Crippen LogP) is 7.13. The molecule has 146 valence electrons. The second-order valence-electron chi connectivity index (χ2n) is 7.54. The minimum Gasteiger partial charge on any atom is -0.378 e. The molecular formula is C26H32N2. The lowest BCUT2D eigenvalue weighted by Crippen LogP contribution is -2.12. The first-order valence-corrected chi connectivity index (χ1v) is 10.4. The number of aryl methyl sites for hydroxylation is 2. The van der Waals surface area contributed by atoms with E-state index >= 15 is 0 Å². The van der Waals surface area contributed by atoms with Crippen molar-refractivity contribution in [2.24, 2.45) is 0 Å². The number of hydrogen-bond donors (Lipinski definition) is 0. The van der Waals surface area contributed by atoms with Crippen molar-refractivity contribution in [3.05, 3.63) is 83.9 Å². The molecule has 0 spiro atoms. The third kappa shape index (κ3) is 4.75. The SMILES string of the molecule is CCCCc1ccc(N(c2ccc(N(C)C)cc2)c2cccc(CC)c2)cc1. The molecule has 3 aromatic carbocycles. The van der Waals surface area contributed by atoms with Gasteiger partial charge in [0.15, 0.2) is 0 Å². The van der Waals surface area contributed by atoms with Gasteiger partial charge < -0.3 is 9.80 Å². The standard InChI is InChI=1S/C26H32N2/c1-5-7-9-22-12-14-24(15-13-22)28(26-11-8-10-21(6-2)20-26)25-18-16-23(17-19-25)27(3)4/h8,10-20H,5-7,9H2,1-4H3. The van der Waals surface area contributed by atoms with Gasteiger partial charge in [-0.15, -0.1) is 0 Å². The Hall–Kier alpha value is -2.74. The third-order valence-electron chi connectivity index (χ3n) is 5.21. The summed E-state index contributed by atoms with van der Waals surface area (Å²) in [5.74, 6) is 0. The Kier molecular flexibility index (Phi) is 6.76. The van der Waals surface area contributed by atoms with E-state index in [0.29, 0.717) is 0 Å². The second kappa shape index (κ2) is 9.45. The molecule has 0 fully saturated rings. The maximum absolute atomic E-state index is 2.35. The molecular weight excluding hydrogens is 340 g/mol. The summed E-state index contributed by atoms with van der Waals surface area (Å²) in [6, 6.07) is 26.7. The molecule has 3 aromatic rings. The molecule has 0 saturated heterocycles. The molecule has 0 heterocycles. The van der Waals surface area contributed by atoms with Crippen LogP contribution in [0.3, 0.4) is 0 Å². The Morgan fingerprint density at radius 1 is 0.643 bits per heavy atom. The van der Waals surface area contributed by atoms with Crippen LogP contribution < -0.4 is 9.80 Å². The van der Waals surface area contributed by atoms with Crippen LogP contribution in [0.1, 0.15) is 37.8 Å². The van der Waals surface area contributed by atoms with E-state index in [-0.39, 0.29) is 0 Å². The van der Waals surface area contributed by atoms with Crippen molar-refractivity contribution >= 4 is 22.7 Å². The van der Waals surface area contributed by atoms with Gasteiger partial charge in [0.1, 0.15) is 0 Å². The summed E-state index contributed by atoms with van der Waals surface area (Å²) in [5.41, 5.74) is 7.56. The fourth-order valence-electron chi connectivity index (χ4n) is 3.46. The van der Waals surface area contributed by atoms with Crippen LogP contribution in [0.2, 0.25) is 0 Å². The van der Waals surface area contributed by atoms with Crippen LogP contribution >= 0.6 is 0 Å². The van der Waals surface area contributed by atoms with Crippen LogP contribution in [0.25, 0.3) is 0 Å². The van der Waals surface area contributed by atoms with E-state index in [0.717, 1.165) is 12.8 Å². The van der Waals surface area contributed by atoms with E-state index in [2.05, 4.69) is 111 Å². The Balaban J connectivity index is 2.01. The van der Waals surface area contributed by atoms with Gasteiger partial charge in [-0.3, -0.25) is 0 Å². The lowest BCUT2D eigenvalue weighted by Gasteiger charge is -2.27. The zero-order valence-electron chi connectivity index (χ0n) is 17.7. The zero-order chi connectivity index (χ0) is 19.9. The maximum atomic E-state index is 2.35. The molecule has 0 aliphatic heterocycles. The Morgan fingerprint density at radius 3 is 1.82 bits per heavy atom. The first-order chi connectivity index (χ1) is 13.6. The average Bonchev–Trinajstić information content (AvgIpc) is 2.74. The highest BCUT2D eigenvalue weighted by Crippen LogP contribution is 2.35. The fraction of sp³-hybridized carbons (Fsp3) is 0.308. The summed E-state index contributed by atoms with van der Waals surface area (Å²) < 4.78 is 0. The van der Waals surface area contributed by atoms with Crippen molar-refractivity contribution in [1.29, 1.82) is 0 Å². The van der Waals surface area contributed by atoms with Gasteiger partial charge in [0.05, 0.1) is 0 Å². The molecule has 3 rings (SSSR count). The van der Waals surface area contributed by atoms with Gasteiger partial charge in [0.2, 0.25) is 0 Å². The van der Waals surface area contributed by atoms with Gasteiger partial charge in [0.25, 0.3) is 0 Å². The molecule has 0 aliphatic carbocycles. The molecule has 0 atom stereocenters. The molecule has 0 unspecified atom stereocenters. The van der Waals surface area contributed by atoms with Gasteiger partial charge in [-0.25, -0.2) is 0 Å². The van der Waals surface area contributed by atoms with Crippen LogP contribution in [0.5, 0.6) is 0 Å². The molecule has 0 saturated carbocycles. The highest BCUT2D eigenvalue weighted by Gasteiger charge is 2.13. The molecule has 0 N–H and O–H groups in total. The van der Waals surface area contributed by atoms with Crippen molar-refractivity contribution in [3.8, 4) is 0 Å². The summed E-state index contributed by atoms with van der Waals surface area (Å²) in [5, 5.41) is 0. The van der Waals surface area contributed by atoms with Gasteiger partial charge in [0, 0.05) is 36.8 Å². The fourth-order valence-corrected chi connectivity index (χ4v) is 3.46. The molecule has 0 bridgehead atoms. The van der Waals surface area contributed by atoms with E-state index in [9.17, 15) is 0 Å². The smallest absolute Gasteiger partial charge is 0.0464 e. The van der Waals surface area contributed by atoms with Crippen LogP contribution in [-0.4, -0.2) is 14.1 Å². The Morgan fingerprint density at radius 2 is 1.25 bits per heavy atom. The second-order valence-corrected chi connectivity index (χ2v) is 7.54. The van der Waals surface area contributed by atoms with Crippen LogP contribution in [0, 0.1) is 0 Å². The molecule has 2 nitrogen and oxygen atoms in total. The zero-order valence-corrected chi connectivity index (χ0v) is 17.7. The highest BCUT2D eigenvalue weighted by atomic mass is 15.1. The van der Waals surface area contributed by atoms with E-state index in [1.807, 2.05) is 0 Å². The van der Waals surface area contributed by atoms with Crippen molar-refractivity contribution in [3.63, 3.8) is 0 Å². The first-order valence-electron chi connectivity index (χ1n) is 10.4. The molecule has 2 heteroatoms. The third-order valence-corrected chi connectivity index (χ3v) is 5.21. The number of anilines is 4. The number of benzene rings is 3. The van der Waals surface area contributed by atoms with Crippen molar-refractivity contribution in [1.82, 2.24) is 0 Å². The normalized spacial score (nSPS) is 10.7. The van der Waals surface area contributed by atoms with Crippen molar-refractivity contribution in [2.45, 2.75) is 39.5 Å². The number of nitrogens with zero attached hydrogens (tertiary/aromatic N) is 2. The quantitative estimate of drug-likeness (QED) is 0.415. The number of hydrogen-bond acceptors (Lipinski definition) is 2. The molecule has 0 aliphatic rings. The van der Waals surface area contributed by atoms with E-state index in [1.54, 1.807) is 0 Å². The Bertz CT molecular complexity index is 864. The molecule has 0 aromatic heterocycles. The largest absolute Gasteiger partial charge is 0.378 e. The summed E-state index contributed by atoms with van der Waals surface area (Å²) in [4.78, 5) is 4.48. The van der Waals surface area contributed by atoms with Crippen molar-refractivity contribution in [2.75, 3.05) is 23.9 Å². The first kappa shape index (κ1) is 20.0. The minimum atomic E-state index is 1.04. The number of rotatable bonds is 8. The summed E-state index contributed by atoms with van der Waals surface area (Å²) >= 11 is 0. The van der Waals surface area contributed by atoms with Crippen LogP contribution in [0.15, 0.2) is 72.8 Å². The number of unbranched alkanes of at least 4 members (excludes halogenated alkanes) is 1. The van der Waals surface area contributed by atoms with Gasteiger partial charge >= 0.3 is 0 Å². The average molecular weight is 373 g/mol. The van der Waals surface area contributed by atoms with Crippen LogP contribution in [-0.2, 0) is 12.8 Å². The topological polar surface area (TPSA) is 6.48 Å². The highest BCUT2D eigenvalue weighted by molar-refractivity contribution is 5.77. The van der Waals surface area contributed by atoms with Crippen molar-refractivity contribution < 1.29 is 0 Å². The predicted molar refractivity (Wildman–Crippen MR) is 123 cm³/mol. The Labute approximate surface area is 170 Å². The lowest BCUT2D eigenvalue weighted by atomic mass is 10.1. The summed E-state index contributed by atoms with van der Waals surface area (Å²) in [7, 11) is 4.15. The van der Waals surface area contributed by atoms with E-state index < -0.39 is 0 Å².